The Labute approximate surface area is 86.6 Å². The van der Waals surface area contributed by atoms with E-state index in [1.54, 1.807) is 5.51 Å². The van der Waals surface area contributed by atoms with Gasteiger partial charge in [-0.05, 0) is 11.8 Å². The molecule has 0 saturated carbocycles. The second-order valence-electron chi connectivity index (χ2n) is 2.19. The summed E-state index contributed by atoms with van der Waals surface area (Å²) in [4.78, 5) is 7.49. The van der Waals surface area contributed by atoms with E-state index in [9.17, 15) is 4.39 Å². The minimum Gasteiger partial charge on any atom is -0.381 e. The summed E-state index contributed by atoms with van der Waals surface area (Å²) in [7, 11) is 0. The van der Waals surface area contributed by atoms with Crippen LogP contribution >= 0.6 is 23.1 Å². The molecule has 72 valence electrons. The van der Waals surface area contributed by atoms with Gasteiger partial charge in [-0.3, -0.25) is 0 Å². The van der Waals surface area contributed by atoms with Crippen LogP contribution in [0.3, 0.4) is 0 Å². The van der Waals surface area contributed by atoms with E-state index >= 15 is 0 Å². The van der Waals surface area contributed by atoms with Crippen LogP contribution in [0.5, 0.6) is 0 Å². The molecule has 0 aliphatic heterocycles. The molecule has 2 aromatic rings. The summed E-state index contributed by atoms with van der Waals surface area (Å²) < 4.78 is 13.4. The van der Waals surface area contributed by atoms with E-state index in [0.29, 0.717) is 9.50 Å². The highest BCUT2D eigenvalue weighted by Crippen LogP contribution is 2.25. The second kappa shape index (κ2) is 3.84. The lowest BCUT2D eigenvalue weighted by molar-refractivity contribution is 0.612. The molecule has 5 nitrogen and oxygen atoms in total. The van der Waals surface area contributed by atoms with Gasteiger partial charge in [-0.15, -0.1) is 10.2 Å². The van der Waals surface area contributed by atoms with Gasteiger partial charge in [-0.1, -0.05) is 11.3 Å². The molecule has 0 fully saturated rings. The second-order valence-corrected chi connectivity index (χ2v) is 4.24. The first kappa shape index (κ1) is 9.28. The monoisotopic (exact) mass is 229 g/mol. The third kappa shape index (κ3) is 1.96. The molecule has 2 aromatic heterocycles. The molecule has 0 radical (unpaired) electrons. The Bertz CT molecular complexity index is 432. The zero-order valence-corrected chi connectivity index (χ0v) is 8.35. The predicted octanol–water partition coefficient (Wildman–Crippen LogP) is 1.20. The number of hydrogen-bond donors (Lipinski definition) is 1. The van der Waals surface area contributed by atoms with Crippen molar-refractivity contribution in [1.29, 1.82) is 0 Å². The molecule has 0 bridgehead atoms. The Kier molecular flexibility index (Phi) is 2.55. The highest BCUT2D eigenvalue weighted by Gasteiger charge is 2.06. The number of nitrogens with two attached hydrogens (primary N) is 1. The van der Waals surface area contributed by atoms with Crippen LogP contribution in [0.4, 0.5) is 10.2 Å². The third-order valence-electron chi connectivity index (χ3n) is 1.27. The summed E-state index contributed by atoms with van der Waals surface area (Å²) in [6.45, 7) is 0. The first-order valence-corrected chi connectivity index (χ1v) is 5.17. The smallest absolute Gasteiger partial charge is 0.196 e. The van der Waals surface area contributed by atoms with Crippen LogP contribution in [0.2, 0.25) is 0 Å². The lowest BCUT2D eigenvalue weighted by Crippen LogP contribution is -1.97. The molecule has 2 N–H and O–H groups in total. The number of halogens is 1. The van der Waals surface area contributed by atoms with Gasteiger partial charge in [0.2, 0.25) is 0 Å². The van der Waals surface area contributed by atoms with Crippen LogP contribution in [0.25, 0.3) is 0 Å². The molecule has 0 spiro atoms. The SMILES string of the molecule is Nc1nc(Sc2nncs2)ncc1F. The fourth-order valence-electron chi connectivity index (χ4n) is 0.698. The maximum atomic E-state index is 12.7. The van der Waals surface area contributed by atoms with Crippen molar-refractivity contribution in [2.45, 2.75) is 9.50 Å². The molecule has 0 atom stereocenters. The molecule has 8 heteroatoms. The molecule has 14 heavy (non-hydrogen) atoms. The van der Waals surface area contributed by atoms with Gasteiger partial charge in [0.25, 0.3) is 0 Å². The lowest BCUT2D eigenvalue weighted by Gasteiger charge is -1.97. The highest BCUT2D eigenvalue weighted by atomic mass is 32.2. The average Bonchev–Trinajstić information content (AvgIpc) is 2.64. The van der Waals surface area contributed by atoms with E-state index in [0.717, 1.165) is 6.20 Å². The van der Waals surface area contributed by atoms with E-state index in [1.165, 1.54) is 23.1 Å². The predicted molar refractivity (Wildman–Crippen MR) is 50.4 cm³/mol. The lowest BCUT2D eigenvalue weighted by atomic mass is 10.6. The maximum Gasteiger partial charge on any atom is 0.196 e. The van der Waals surface area contributed by atoms with Crippen LogP contribution in [-0.4, -0.2) is 20.2 Å². The van der Waals surface area contributed by atoms with Crippen LogP contribution in [-0.2, 0) is 0 Å². The summed E-state index contributed by atoms with van der Waals surface area (Å²) >= 11 is 2.55. The van der Waals surface area contributed by atoms with Crippen LogP contribution in [0.15, 0.2) is 21.2 Å². The van der Waals surface area contributed by atoms with Gasteiger partial charge in [0.1, 0.15) is 5.51 Å². The Morgan fingerprint density at radius 2 is 2.36 bits per heavy atom. The molecular formula is C6H4FN5S2. The van der Waals surface area contributed by atoms with E-state index in [2.05, 4.69) is 20.2 Å². The first-order valence-electron chi connectivity index (χ1n) is 3.48. The Morgan fingerprint density at radius 3 is 3.00 bits per heavy atom. The van der Waals surface area contributed by atoms with E-state index in [1.807, 2.05) is 0 Å². The minimum absolute atomic E-state index is 0.160. The molecule has 0 saturated heterocycles. The summed E-state index contributed by atoms with van der Waals surface area (Å²) in [5, 5.41) is 7.79. The zero-order chi connectivity index (χ0) is 9.97. The number of aromatic nitrogens is 4. The largest absolute Gasteiger partial charge is 0.381 e. The van der Waals surface area contributed by atoms with Crippen molar-refractivity contribution in [3.8, 4) is 0 Å². The Balaban J connectivity index is 2.22. The van der Waals surface area contributed by atoms with Gasteiger partial charge < -0.3 is 5.73 Å². The quantitative estimate of drug-likeness (QED) is 0.780. The topological polar surface area (TPSA) is 77.6 Å². The van der Waals surface area contributed by atoms with E-state index in [-0.39, 0.29) is 5.82 Å². The summed E-state index contributed by atoms with van der Waals surface area (Å²) in [5.74, 6) is -0.779. The first-order chi connectivity index (χ1) is 6.75. The molecule has 2 heterocycles. The van der Waals surface area contributed by atoms with Crippen LogP contribution < -0.4 is 5.73 Å². The molecule has 0 amide bonds. The van der Waals surface area contributed by atoms with Gasteiger partial charge in [-0.25, -0.2) is 14.4 Å². The molecule has 0 aromatic carbocycles. The summed E-state index contributed by atoms with van der Waals surface area (Å²) in [6, 6.07) is 0. The molecule has 2 rings (SSSR count). The zero-order valence-electron chi connectivity index (χ0n) is 6.72. The molecule has 0 aliphatic carbocycles. The van der Waals surface area contributed by atoms with Gasteiger partial charge >= 0.3 is 0 Å². The van der Waals surface area contributed by atoms with Crippen molar-refractivity contribution in [3.05, 3.63) is 17.5 Å². The van der Waals surface area contributed by atoms with Crippen molar-refractivity contribution in [2.24, 2.45) is 0 Å². The Morgan fingerprint density at radius 1 is 1.50 bits per heavy atom. The fourth-order valence-corrected chi connectivity index (χ4v) is 2.02. The van der Waals surface area contributed by atoms with Crippen LogP contribution in [0.1, 0.15) is 0 Å². The van der Waals surface area contributed by atoms with Gasteiger partial charge in [0.05, 0.1) is 6.20 Å². The number of nitrogens with zero attached hydrogens (tertiary/aromatic N) is 4. The molecule has 0 unspecified atom stereocenters. The van der Waals surface area contributed by atoms with Crippen molar-refractivity contribution in [2.75, 3.05) is 5.73 Å². The highest BCUT2D eigenvalue weighted by molar-refractivity contribution is 8.00. The molecular weight excluding hydrogens is 225 g/mol. The number of anilines is 1. The number of hydrogen-bond acceptors (Lipinski definition) is 7. The molecule has 0 aliphatic rings. The third-order valence-corrected chi connectivity index (χ3v) is 2.92. The Hall–Kier alpha value is -1.28. The summed E-state index contributed by atoms with van der Waals surface area (Å²) in [5.41, 5.74) is 6.87. The van der Waals surface area contributed by atoms with Crippen molar-refractivity contribution in [3.63, 3.8) is 0 Å². The van der Waals surface area contributed by atoms with Crippen molar-refractivity contribution >= 4 is 28.9 Å². The van der Waals surface area contributed by atoms with Crippen molar-refractivity contribution < 1.29 is 4.39 Å². The minimum atomic E-state index is -0.619. The summed E-state index contributed by atoms with van der Waals surface area (Å²) in [6.07, 6.45) is 1.03. The number of rotatable bonds is 2. The van der Waals surface area contributed by atoms with Crippen LogP contribution in [0, 0.1) is 5.82 Å². The van der Waals surface area contributed by atoms with E-state index < -0.39 is 5.82 Å². The van der Waals surface area contributed by atoms with Crippen molar-refractivity contribution in [1.82, 2.24) is 20.2 Å². The standard InChI is InChI=1S/C6H4FN5S2/c7-3-1-9-5(11-4(3)8)14-6-12-10-2-13-6/h1-2H,(H2,8,9,11). The number of nitrogen functional groups attached to an aromatic ring is 1. The fraction of sp³-hybridized carbons (Fsp3) is 0. The maximum absolute atomic E-state index is 12.7. The van der Waals surface area contributed by atoms with Gasteiger partial charge in [0.15, 0.2) is 21.1 Å². The normalized spacial score (nSPS) is 10.4. The average molecular weight is 229 g/mol. The van der Waals surface area contributed by atoms with Gasteiger partial charge in [0, 0.05) is 0 Å². The van der Waals surface area contributed by atoms with Gasteiger partial charge in [-0.2, -0.15) is 0 Å². The van der Waals surface area contributed by atoms with E-state index in [4.69, 9.17) is 5.73 Å².